The third-order valence-electron chi connectivity index (χ3n) is 4.65. The highest BCUT2D eigenvalue weighted by Gasteiger charge is 2.12. The number of hydrogen-bond donors (Lipinski definition) is 1. The number of benzene rings is 3. The molecule has 1 aromatic heterocycles. The molecular formula is C24H20ClN3O2. The maximum atomic E-state index is 12.5. The Kier molecular flexibility index (Phi) is 5.82. The molecule has 6 heteroatoms. The molecule has 0 radical (unpaired) electrons. The average molecular weight is 418 g/mol. The van der Waals surface area contributed by atoms with E-state index in [1.807, 2.05) is 55.5 Å². The highest BCUT2D eigenvalue weighted by Crippen LogP contribution is 2.23. The number of hydrogen-bond acceptors (Lipinski definition) is 3. The van der Waals surface area contributed by atoms with Crippen molar-refractivity contribution in [1.29, 1.82) is 0 Å². The number of carbonyl (C=O) groups excluding carboxylic acids is 1. The molecular weight excluding hydrogens is 398 g/mol. The van der Waals surface area contributed by atoms with Crippen LogP contribution in [0, 0.1) is 6.92 Å². The van der Waals surface area contributed by atoms with Crippen molar-refractivity contribution >= 4 is 23.2 Å². The van der Waals surface area contributed by atoms with Gasteiger partial charge >= 0.3 is 0 Å². The summed E-state index contributed by atoms with van der Waals surface area (Å²) >= 11 is 6.01. The number of rotatable bonds is 6. The molecule has 5 nitrogen and oxygen atoms in total. The molecule has 0 aliphatic rings. The Morgan fingerprint density at radius 1 is 1.00 bits per heavy atom. The third-order valence-corrected chi connectivity index (χ3v) is 4.88. The van der Waals surface area contributed by atoms with E-state index >= 15 is 0 Å². The number of carbonyl (C=O) groups is 1. The summed E-state index contributed by atoms with van der Waals surface area (Å²) in [6.07, 6.45) is 1.71. The maximum Gasteiger partial charge on any atom is 0.276 e. The minimum Gasteiger partial charge on any atom is -0.471 e. The SMILES string of the molecule is Cc1ccc(Cl)cc1NC(=O)c1ccn(COc2ccc(-c3ccccc3)cc2)n1. The number of anilines is 1. The van der Waals surface area contributed by atoms with Crippen LogP contribution in [-0.4, -0.2) is 15.7 Å². The molecule has 4 aromatic rings. The van der Waals surface area contributed by atoms with Crippen LogP contribution in [0.4, 0.5) is 5.69 Å². The molecule has 0 atom stereocenters. The van der Waals surface area contributed by atoms with E-state index in [-0.39, 0.29) is 12.6 Å². The molecule has 4 rings (SSSR count). The number of halogens is 1. The third kappa shape index (κ3) is 4.70. The first-order valence-electron chi connectivity index (χ1n) is 9.48. The van der Waals surface area contributed by atoms with Gasteiger partial charge in [-0.25, -0.2) is 4.68 Å². The van der Waals surface area contributed by atoms with E-state index < -0.39 is 0 Å². The fraction of sp³-hybridized carbons (Fsp3) is 0.0833. The van der Waals surface area contributed by atoms with Crippen molar-refractivity contribution in [3.05, 3.63) is 101 Å². The van der Waals surface area contributed by atoms with Gasteiger partial charge in [0, 0.05) is 16.9 Å². The van der Waals surface area contributed by atoms with E-state index in [2.05, 4.69) is 22.5 Å². The molecule has 0 unspecified atom stereocenters. The summed E-state index contributed by atoms with van der Waals surface area (Å²) in [6, 6.07) is 25.0. The van der Waals surface area contributed by atoms with Crippen LogP contribution in [0.1, 0.15) is 16.1 Å². The summed E-state index contributed by atoms with van der Waals surface area (Å²) < 4.78 is 7.35. The molecule has 0 bridgehead atoms. The molecule has 30 heavy (non-hydrogen) atoms. The quantitative estimate of drug-likeness (QED) is 0.431. The number of aryl methyl sites for hydroxylation is 1. The Balaban J connectivity index is 1.36. The Labute approximate surface area is 179 Å². The molecule has 0 saturated carbocycles. The standard InChI is InChI=1S/C24H20ClN3O2/c1-17-7-10-20(25)15-23(17)26-24(29)22-13-14-28(27-22)16-30-21-11-8-19(9-12-21)18-5-3-2-4-6-18/h2-15H,16H2,1H3,(H,26,29). The summed E-state index contributed by atoms with van der Waals surface area (Å²) in [5.41, 5.74) is 4.17. The van der Waals surface area contributed by atoms with Gasteiger partial charge in [0.15, 0.2) is 12.4 Å². The van der Waals surface area contributed by atoms with Crippen molar-refractivity contribution in [3.63, 3.8) is 0 Å². The van der Waals surface area contributed by atoms with Crippen LogP contribution < -0.4 is 10.1 Å². The van der Waals surface area contributed by atoms with Gasteiger partial charge in [0.25, 0.3) is 5.91 Å². The van der Waals surface area contributed by atoms with Crippen molar-refractivity contribution in [2.75, 3.05) is 5.32 Å². The Morgan fingerprint density at radius 2 is 1.73 bits per heavy atom. The lowest BCUT2D eigenvalue weighted by molar-refractivity contribution is 0.102. The number of nitrogens with zero attached hydrogens (tertiary/aromatic N) is 2. The van der Waals surface area contributed by atoms with E-state index in [1.54, 1.807) is 29.1 Å². The van der Waals surface area contributed by atoms with Crippen LogP contribution in [-0.2, 0) is 6.73 Å². The topological polar surface area (TPSA) is 56.2 Å². The van der Waals surface area contributed by atoms with E-state index in [0.717, 1.165) is 22.4 Å². The monoisotopic (exact) mass is 417 g/mol. The Bertz CT molecular complexity index is 1150. The number of aromatic nitrogens is 2. The molecule has 1 N–H and O–H groups in total. The zero-order valence-corrected chi connectivity index (χ0v) is 17.1. The summed E-state index contributed by atoms with van der Waals surface area (Å²) in [5.74, 6) is 0.428. The largest absolute Gasteiger partial charge is 0.471 e. The molecule has 0 aliphatic heterocycles. The van der Waals surface area contributed by atoms with Crippen molar-refractivity contribution < 1.29 is 9.53 Å². The molecule has 150 valence electrons. The molecule has 1 heterocycles. The normalized spacial score (nSPS) is 10.6. The predicted octanol–water partition coefficient (Wildman–Crippen LogP) is 5.80. The smallest absolute Gasteiger partial charge is 0.276 e. The van der Waals surface area contributed by atoms with E-state index in [1.165, 1.54) is 0 Å². The molecule has 0 saturated heterocycles. The van der Waals surface area contributed by atoms with E-state index in [0.29, 0.717) is 16.4 Å². The van der Waals surface area contributed by atoms with Crippen LogP contribution in [0.5, 0.6) is 5.75 Å². The second-order valence-electron chi connectivity index (χ2n) is 6.82. The highest BCUT2D eigenvalue weighted by molar-refractivity contribution is 6.31. The van der Waals surface area contributed by atoms with Gasteiger partial charge in [-0.2, -0.15) is 5.10 Å². The van der Waals surface area contributed by atoms with Crippen molar-refractivity contribution in [2.24, 2.45) is 0 Å². The minimum absolute atomic E-state index is 0.203. The maximum absolute atomic E-state index is 12.5. The first kappa shape index (κ1) is 19.7. The van der Waals surface area contributed by atoms with Crippen molar-refractivity contribution in [2.45, 2.75) is 13.7 Å². The molecule has 0 fully saturated rings. The van der Waals surface area contributed by atoms with Crippen LogP contribution in [0.3, 0.4) is 0 Å². The second-order valence-corrected chi connectivity index (χ2v) is 7.25. The van der Waals surface area contributed by atoms with Gasteiger partial charge < -0.3 is 10.1 Å². The van der Waals surface area contributed by atoms with Crippen LogP contribution in [0.25, 0.3) is 11.1 Å². The second kappa shape index (κ2) is 8.84. The molecule has 0 aliphatic carbocycles. The van der Waals surface area contributed by atoms with Gasteiger partial charge in [-0.3, -0.25) is 4.79 Å². The Morgan fingerprint density at radius 3 is 2.50 bits per heavy atom. The summed E-state index contributed by atoms with van der Waals surface area (Å²) in [4.78, 5) is 12.5. The zero-order valence-electron chi connectivity index (χ0n) is 16.4. The van der Waals surface area contributed by atoms with Gasteiger partial charge in [-0.15, -0.1) is 0 Å². The van der Waals surface area contributed by atoms with Crippen molar-refractivity contribution in [1.82, 2.24) is 9.78 Å². The van der Waals surface area contributed by atoms with Gasteiger partial charge in [0.1, 0.15) is 5.75 Å². The molecule has 0 spiro atoms. The van der Waals surface area contributed by atoms with Crippen LogP contribution in [0.15, 0.2) is 85.1 Å². The number of ether oxygens (including phenoxy) is 1. The predicted molar refractivity (Wildman–Crippen MR) is 119 cm³/mol. The van der Waals surface area contributed by atoms with Crippen molar-refractivity contribution in [3.8, 4) is 16.9 Å². The van der Waals surface area contributed by atoms with Gasteiger partial charge in [0.05, 0.1) is 0 Å². The lowest BCUT2D eigenvalue weighted by atomic mass is 10.1. The average Bonchev–Trinajstić information content (AvgIpc) is 3.25. The van der Waals surface area contributed by atoms with Gasteiger partial charge in [-0.05, 0) is 53.9 Å². The van der Waals surface area contributed by atoms with E-state index in [4.69, 9.17) is 16.3 Å². The van der Waals surface area contributed by atoms with E-state index in [9.17, 15) is 4.79 Å². The fourth-order valence-electron chi connectivity index (χ4n) is 2.98. The van der Waals surface area contributed by atoms with Crippen LogP contribution >= 0.6 is 11.6 Å². The minimum atomic E-state index is -0.300. The summed E-state index contributed by atoms with van der Waals surface area (Å²) in [5, 5.41) is 7.68. The Hall–Kier alpha value is -3.57. The summed E-state index contributed by atoms with van der Waals surface area (Å²) in [6.45, 7) is 2.11. The fourth-order valence-corrected chi connectivity index (χ4v) is 3.16. The lowest BCUT2D eigenvalue weighted by Crippen LogP contribution is -2.15. The number of nitrogens with one attached hydrogen (secondary N) is 1. The van der Waals surface area contributed by atoms with Crippen LogP contribution in [0.2, 0.25) is 5.02 Å². The van der Waals surface area contributed by atoms with Gasteiger partial charge in [-0.1, -0.05) is 60.1 Å². The first-order valence-corrected chi connectivity index (χ1v) is 9.85. The molecule has 3 aromatic carbocycles. The van der Waals surface area contributed by atoms with Gasteiger partial charge in [0.2, 0.25) is 0 Å². The molecule has 1 amide bonds. The first-order chi connectivity index (χ1) is 14.6. The number of amides is 1. The zero-order chi connectivity index (χ0) is 20.9. The lowest BCUT2D eigenvalue weighted by Gasteiger charge is -2.08. The highest BCUT2D eigenvalue weighted by atomic mass is 35.5. The summed E-state index contributed by atoms with van der Waals surface area (Å²) in [7, 11) is 0.